The molecule has 2 aromatic rings. The number of anilines is 1. The lowest BCUT2D eigenvalue weighted by molar-refractivity contribution is 0.103. The third-order valence-electron chi connectivity index (χ3n) is 2.01. The molecule has 1 aromatic heterocycles. The van der Waals surface area contributed by atoms with Crippen LogP contribution in [0.5, 0.6) is 0 Å². The first-order valence-electron chi connectivity index (χ1n) is 4.67. The molecule has 6 heteroatoms. The first-order valence-corrected chi connectivity index (χ1v) is 5.44. The molecule has 1 heterocycles. The molecule has 0 saturated carbocycles. The van der Waals surface area contributed by atoms with Gasteiger partial charge in [-0.25, -0.2) is 0 Å². The average Bonchev–Trinajstić information content (AvgIpc) is 2.83. The van der Waals surface area contributed by atoms with Gasteiger partial charge in [-0.3, -0.25) is 4.79 Å². The molecule has 16 heavy (non-hydrogen) atoms. The summed E-state index contributed by atoms with van der Waals surface area (Å²) in [6, 6.07) is 7.41. The van der Waals surface area contributed by atoms with Gasteiger partial charge in [0.05, 0.1) is 6.20 Å². The molecule has 1 amide bonds. The summed E-state index contributed by atoms with van der Waals surface area (Å²) in [7, 11) is 0. The second kappa shape index (κ2) is 4.82. The van der Waals surface area contributed by atoms with Gasteiger partial charge in [0.15, 0.2) is 0 Å². The summed E-state index contributed by atoms with van der Waals surface area (Å²) in [4.78, 5) is 12.1. The quantitative estimate of drug-likeness (QED) is 0.837. The number of rotatable bonds is 3. The highest BCUT2D eigenvalue weighted by Crippen LogP contribution is 2.12. The molecule has 0 radical (unpaired) electrons. The molecule has 5 nitrogen and oxygen atoms in total. The van der Waals surface area contributed by atoms with Crippen LogP contribution in [0.25, 0.3) is 0 Å². The van der Waals surface area contributed by atoms with Gasteiger partial charge >= 0.3 is 0 Å². The Balaban J connectivity index is 2.12. The number of amides is 1. The monoisotopic (exact) mass is 234 g/mol. The van der Waals surface area contributed by atoms with Crippen LogP contribution in [0.15, 0.2) is 30.5 Å². The van der Waals surface area contributed by atoms with E-state index in [4.69, 9.17) is 5.73 Å². The summed E-state index contributed by atoms with van der Waals surface area (Å²) in [5, 5.41) is 6.36. The number of nitrogens with two attached hydrogens (primary N) is 1. The summed E-state index contributed by atoms with van der Waals surface area (Å²) in [6.45, 7) is 0.450. The van der Waals surface area contributed by atoms with Crippen LogP contribution in [0.4, 0.5) is 5.69 Å². The zero-order valence-electron chi connectivity index (χ0n) is 8.38. The van der Waals surface area contributed by atoms with Crippen LogP contribution in [-0.2, 0) is 6.54 Å². The Morgan fingerprint density at radius 2 is 2.38 bits per heavy atom. The van der Waals surface area contributed by atoms with Gasteiger partial charge in [0.25, 0.3) is 5.91 Å². The van der Waals surface area contributed by atoms with E-state index in [2.05, 4.69) is 14.9 Å². The Kier molecular flexibility index (Phi) is 3.23. The van der Waals surface area contributed by atoms with Gasteiger partial charge in [-0.1, -0.05) is 16.6 Å². The van der Waals surface area contributed by atoms with Crippen molar-refractivity contribution in [3.63, 3.8) is 0 Å². The van der Waals surface area contributed by atoms with Crippen LogP contribution < -0.4 is 11.1 Å². The Morgan fingerprint density at radius 1 is 1.50 bits per heavy atom. The standard InChI is InChI=1S/C10H10N4OS/c11-5-7-2-1-3-8(4-7)13-10(15)9-6-12-14-16-9/h1-4,6H,5,11H2,(H,13,15). The van der Waals surface area contributed by atoms with Crippen LogP contribution in [-0.4, -0.2) is 15.5 Å². The molecule has 2 rings (SSSR count). The van der Waals surface area contributed by atoms with E-state index < -0.39 is 0 Å². The molecule has 0 fully saturated rings. The summed E-state index contributed by atoms with van der Waals surface area (Å²) in [5.74, 6) is -0.204. The lowest BCUT2D eigenvalue weighted by Crippen LogP contribution is -2.10. The first-order chi connectivity index (χ1) is 7.79. The fraction of sp³-hybridized carbons (Fsp3) is 0.100. The van der Waals surface area contributed by atoms with Crippen LogP contribution in [0.2, 0.25) is 0 Å². The first kappa shape index (κ1) is 10.7. The van der Waals surface area contributed by atoms with Crippen LogP contribution >= 0.6 is 11.5 Å². The molecule has 0 spiro atoms. The summed E-state index contributed by atoms with van der Waals surface area (Å²) in [6.07, 6.45) is 1.44. The average molecular weight is 234 g/mol. The van der Waals surface area contributed by atoms with E-state index in [-0.39, 0.29) is 5.91 Å². The maximum absolute atomic E-state index is 11.7. The van der Waals surface area contributed by atoms with Crippen molar-refractivity contribution in [3.8, 4) is 0 Å². The summed E-state index contributed by atoms with van der Waals surface area (Å²) < 4.78 is 3.63. The van der Waals surface area contributed by atoms with E-state index in [0.29, 0.717) is 11.4 Å². The zero-order chi connectivity index (χ0) is 11.4. The Morgan fingerprint density at radius 3 is 3.06 bits per heavy atom. The topological polar surface area (TPSA) is 80.9 Å². The number of carbonyl (C=O) groups excluding carboxylic acids is 1. The van der Waals surface area contributed by atoms with Crippen molar-refractivity contribution >= 4 is 23.1 Å². The normalized spacial score (nSPS) is 10.1. The second-order valence-electron chi connectivity index (χ2n) is 3.14. The molecule has 1 aromatic carbocycles. The largest absolute Gasteiger partial charge is 0.326 e. The summed E-state index contributed by atoms with van der Waals surface area (Å²) >= 11 is 1.06. The molecule has 0 aliphatic heterocycles. The van der Waals surface area contributed by atoms with E-state index in [0.717, 1.165) is 22.8 Å². The maximum atomic E-state index is 11.7. The maximum Gasteiger partial charge on any atom is 0.269 e. The SMILES string of the molecule is NCc1cccc(NC(=O)c2cnns2)c1. The number of benzene rings is 1. The minimum Gasteiger partial charge on any atom is -0.326 e. The van der Waals surface area contributed by atoms with Crippen molar-refractivity contribution in [3.05, 3.63) is 40.9 Å². The molecule has 0 saturated heterocycles. The number of aromatic nitrogens is 2. The Labute approximate surface area is 96.5 Å². The van der Waals surface area contributed by atoms with E-state index in [1.54, 1.807) is 0 Å². The van der Waals surface area contributed by atoms with Gasteiger partial charge in [0.1, 0.15) is 4.88 Å². The van der Waals surface area contributed by atoms with Gasteiger partial charge in [0.2, 0.25) is 0 Å². The second-order valence-corrected chi connectivity index (χ2v) is 3.93. The van der Waals surface area contributed by atoms with Crippen LogP contribution in [0.1, 0.15) is 15.2 Å². The van der Waals surface area contributed by atoms with E-state index in [9.17, 15) is 4.79 Å². The molecule has 0 aliphatic carbocycles. The number of nitrogens with zero attached hydrogens (tertiary/aromatic N) is 2. The zero-order valence-corrected chi connectivity index (χ0v) is 9.20. The molecule has 82 valence electrons. The van der Waals surface area contributed by atoms with Crippen LogP contribution in [0, 0.1) is 0 Å². The number of nitrogens with one attached hydrogen (secondary N) is 1. The highest BCUT2D eigenvalue weighted by atomic mass is 32.1. The van der Waals surface area contributed by atoms with Crippen molar-refractivity contribution in [1.82, 2.24) is 9.59 Å². The van der Waals surface area contributed by atoms with Crippen molar-refractivity contribution in [2.24, 2.45) is 5.73 Å². The van der Waals surface area contributed by atoms with Crippen LogP contribution in [0.3, 0.4) is 0 Å². The van der Waals surface area contributed by atoms with Crippen molar-refractivity contribution in [2.75, 3.05) is 5.32 Å². The minimum atomic E-state index is -0.204. The fourth-order valence-corrected chi connectivity index (χ4v) is 1.65. The lowest BCUT2D eigenvalue weighted by Gasteiger charge is -2.04. The Bertz CT molecular complexity index is 483. The predicted molar refractivity (Wildman–Crippen MR) is 62.2 cm³/mol. The Hall–Kier alpha value is -1.79. The number of hydrogen-bond donors (Lipinski definition) is 2. The number of carbonyl (C=O) groups is 1. The number of hydrogen-bond acceptors (Lipinski definition) is 5. The smallest absolute Gasteiger partial charge is 0.269 e. The van der Waals surface area contributed by atoms with Gasteiger partial charge in [-0.2, -0.15) is 0 Å². The minimum absolute atomic E-state index is 0.204. The van der Waals surface area contributed by atoms with Crippen molar-refractivity contribution in [1.29, 1.82) is 0 Å². The third-order valence-corrected chi connectivity index (χ3v) is 2.67. The molecule has 0 atom stereocenters. The van der Waals surface area contributed by atoms with Gasteiger partial charge in [0, 0.05) is 12.2 Å². The molecular formula is C10H10N4OS. The highest BCUT2D eigenvalue weighted by molar-refractivity contribution is 7.07. The summed E-state index contributed by atoms with van der Waals surface area (Å²) in [5.41, 5.74) is 7.21. The fourth-order valence-electron chi connectivity index (χ4n) is 1.24. The van der Waals surface area contributed by atoms with Crippen molar-refractivity contribution in [2.45, 2.75) is 6.54 Å². The van der Waals surface area contributed by atoms with E-state index in [1.807, 2.05) is 24.3 Å². The molecule has 3 N–H and O–H groups in total. The van der Waals surface area contributed by atoms with Gasteiger partial charge in [-0.05, 0) is 29.2 Å². The highest BCUT2D eigenvalue weighted by Gasteiger charge is 2.08. The molecule has 0 aliphatic rings. The molecular weight excluding hydrogens is 224 g/mol. The van der Waals surface area contributed by atoms with Crippen molar-refractivity contribution < 1.29 is 4.79 Å². The van der Waals surface area contributed by atoms with E-state index >= 15 is 0 Å². The van der Waals surface area contributed by atoms with Gasteiger partial charge in [-0.15, -0.1) is 5.10 Å². The van der Waals surface area contributed by atoms with Gasteiger partial charge < -0.3 is 11.1 Å². The third kappa shape index (κ3) is 2.41. The van der Waals surface area contributed by atoms with E-state index in [1.165, 1.54) is 6.20 Å². The molecule has 0 bridgehead atoms. The molecule has 0 unspecified atom stereocenters. The predicted octanol–water partition coefficient (Wildman–Crippen LogP) is 1.25. The lowest BCUT2D eigenvalue weighted by atomic mass is 10.2.